The average Bonchev–Trinajstić information content (AvgIpc) is 2.27. The van der Waals surface area contributed by atoms with Gasteiger partial charge in [-0.25, -0.2) is 0 Å². The van der Waals surface area contributed by atoms with Crippen molar-refractivity contribution in [1.82, 2.24) is 0 Å². The van der Waals surface area contributed by atoms with E-state index in [1.165, 1.54) is 14.2 Å². The van der Waals surface area contributed by atoms with Gasteiger partial charge in [-0.3, -0.25) is 4.79 Å². The maximum atomic E-state index is 11.4. The number of carbonyl (C=O) groups is 1. The zero-order valence-corrected chi connectivity index (χ0v) is 8.80. The number of hydrogen-bond acceptors (Lipinski definition) is 3. The highest BCUT2D eigenvalue weighted by atomic mass is 35.5. The van der Waals surface area contributed by atoms with Crippen LogP contribution >= 0.6 is 11.6 Å². The number of carbonyl (C=O) groups excluding carboxylic acids is 1. The Morgan fingerprint density at radius 2 is 2.07 bits per heavy atom. The van der Waals surface area contributed by atoms with E-state index < -0.39 is 0 Å². The largest absolute Gasteiger partial charge is 0.497 e. The molecule has 1 rings (SSSR count). The van der Waals surface area contributed by atoms with Crippen molar-refractivity contribution >= 4 is 17.4 Å². The molecule has 0 N–H and O–H groups in total. The molecule has 0 heterocycles. The van der Waals surface area contributed by atoms with E-state index >= 15 is 0 Å². The molecule has 0 amide bonds. The zero-order chi connectivity index (χ0) is 10.6. The van der Waals surface area contributed by atoms with Gasteiger partial charge in [0.05, 0.1) is 25.7 Å². The molecule has 4 heteroatoms. The molecule has 0 aliphatic rings. The number of halogens is 1. The van der Waals surface area contributed by atoms with Gasteiger partial charge in [0.15, 0.2) is 5.78 Å². The Kier molecular flexibility index (Phi) is 3.77. The summed E-state index contributed by atoms with van der Waals surface area (Å²) in [4.78, 5) is 11.4. The monoisotopic (exact) mass is 214 g/mol. The van der Waals surface area contributed by atoms with Gasteiger partial charge in [0.25, 0.3) is 0 Å². The maximum Gasteiger partial charge on any atom is 0.181 e. The van der Waals surface area contributed by atoms with Crippen molar-refractivity contribution in [2.45, 2.75) is 0 Å². The summed E-state index contributed by atoms with van der Waals surface area (Å²) >= 11 is 5.47. The third kappa shape index (κ3) is 2.17. The summed E-state index contributed by atoms with van der Waals surface area (Å²) in [7, 11) is 3.05. The summed E-state index contributed by atoms with van der Waals surface area (Å²) in [5.41, 5.74) is 0.446. The molecule has 0 saturated carbocycles. The maximum absolute atomic E-state index is 11.4. The molecule has 14 heavy (non-hydrogen) atoms. The number of methoxy groups -OCH3 is 2. The lowest BCUT2D eigenvalue weighted by molar-refractivity contribution is 0.101. The Labute approximate surface area is 87.6 Å². The molecule has 76 valence electrons. The number of rotatable bonds is 4. The predicted molar refractivity (Wildman–Crippen MR) is 54.6 cm³/mol. The molecule has 0 atom stereocenters. The average molecular weight is 215 g/mol. The number of hydrogen-bond donors (Lipinski definition) is 0. The predicted octanol–water partition coefficient (Wildman–Crippen LogP) is 2.13. The molecule has 0 unspecified atom stereocenters. The van der Waals surface area contributed by atoms with Crippen molar-refractivity contribution in [3.63, 3.8) is 0 Å². The summed E-state index contributed by atoms with van der Waals surface area (Å²) in [5.74, 6) is 0.877. The van der Waals surface area contributed by atoms with Crippen LogP contribution in [-0.4, -0.2) is 25.9 Å². The Bertz CT molecular complexity index is 336. The molecular formula is C10H11ClO3. The zero-order valence-electron chi connectivity index (χ0n) is 8.04. The van der Waals surface area contributed by atoms with E-state index in [2.05, 4.69) is 0 Å². The molecule has 0 aliphatic heterocycles. The second-order valence-electron chi connectivity index (χ2n) is 2.62. The summed E-state index contributed by atoms with van der Waals surface area (Å²) < 4.78 is 10.0. The fourth-order valence-corrected chi connectivity index (χ4v) is 1.25. The van der Waals surface area contributed by atoms with E-state index in [9.17, 15) is 4.79 Å². The lowest BCUT2D eigenvalue weighted by atomic mass is 10.1. The molecule has 0 spiro atoms. The minimum atomic E-state index is -0.178. The van der Waals surface area contributed by atoms with Crippen molar-refractivity contribution in [2.24, 2.45) is 0 Å². The third-order valence-electron chi connectivity index (χ3n) is 1.83. The van der Waals surface area contributed by atoms with E-state index in [-0.39, 0.29) is 11.7 Å². The number of ketones is 1. The quantitative estimate of drug-likeness (QED) is 0.569. The second kappa shape index (κ2) is 4.86. The van der Waals surface area contributed by atoms with Crippen LogP contribution in [0.25, 0.3) is 0 Å². The van der Waals surface area contributed by atoms with Crippen molar-refractivity contribution in [3.05, 3.63) is 23.8 Å². The number of ether oxygens (including phenoxy) is 2. The highest BCUT2D eigenvalue weighted by molar-refractivity contribution is 6.30. The number of Topliss-reactive ketones (excluding diaryl/α,β-unsaturated/α-hetero) is 1. The number of alkyl halides is 1. The Hall–Kier alpha value is -1.22. The number of benzene rings is 1. The molecule has 1 aromatic carbocycles. The standard InChI is InChI=1S/C10H11ClO3/c1-13-7-3-4-10(14-2)8(5-7)9(12)6-11/h3-5H,6H2,1-2H3. The van der Waals surface area contributed by atoms with E-state index in [0.717, 1.165) is 0 Å². The lowest BCUT2D eigenvalue weighted by Gasteiger charge is -2.07. The first-order chi connectivity index (χ1) is 6.72. The van der Waals surface area contributed by atoms with Crippen LogP contribution in [-0.2, 0) is 0 Å². The third-order valence-corrected chi connectivity index (χ3v) is 2.07. The van der Waals surface area contributed by atoms with E-state index in [1.54, 1.807) is 18.2 Å². The van der Waals surface area contributed by atoms with Crippen LogP contribution in [0.4, 0.5) is 0 Å². The van der Waals surface area contributed by atoms with Gasteiger partial charge in [-0.2, -0.15) is 0 Å². The molecule has 1 aromatic rings. The van der Waals surface area contributed by atoms with Gasteiger partial charge in [0, 0.05) is 0 Å². The molecule has 3 nitrogen and oxygen atoms in total. The Morgan fingerprint density at radius 3 is 2.57 bits per heavy atom. The fourth-order valence-electron chi connectivity index (χ4n) is 1.10. The first kappa shape index (κ1) is 10.9. The summed E-state index contributed by atoms with van der Waals surface area (Å²) in [6.45, 7) is 0. The van der Waals surface area contributed by atoms with Crippen molar-refractivity contribution < 1.29 is 14.3 Å². The van der Waals surface area contributed by atoms with Gasteiger partial charge in [0.1, 0.15) is 11.5 Å². The fraction of sp³-hybridized carbons (Fsp3) is 0.300. The van der Waals surface area contributed by atoms with Crippen LogP contribution in [0.2, 0.25) is 0 Å². The van der Waals surface area contributed by atoms with Crippen molar-refractivity contribution in [2.75, 3.05) is 20.1 Å². The SMILES string of the molecule is COc1ccc(OC)c(C(=O)CCl)c1. The highest BCUT2D eigenvalue weighted by Gasteiger charge is 2.11. The smallest absolute Gasteiger partial charge is 0.181 e. The lowest BCUT2D eigenvalue weighted by Crippen LogP contribution is -2.03. The van der Waals surface area contributed by atoms with Crippen LogP contribution in [0, 0.1) is 0 Å². The molecular weight excluding hydrogens is 204 g/mol. The Balaban J connectivity index is 3.14. The second-order valence-corrected chi connectivity index (χ2v) is 2.89. The Morgan fingerprint density at radius 1 is 1.36 bits per heavy atom. The van der Waals surface area contributed by atoms with Crippen molar-refractivity contribution in [3.8, 4) is 11.5 Å². The van der Waals surface area contributed by atoms with Crippen LogP contribution in [0.15, 0.2) is 18.2 Å². The minimum absolute atomic E-state index is 0.0659. The van der Waals surface area contributed by atoms with Gasteiger partial charge in [-0.05, 0) is 18.2 Å². The highest BCUT2D eigenvalue weighted by Crippen LogP contribution is 2.24. The minimum Gasteiger partial charge on any atom is -0.497 e. The molecule has 0 radical (unpaired) electrons. The van der Waals surface area contributed by atoms with Crippen LogP contribution < -0.4 is 9.47 Å². The molecule has 0 aliphatic carbocycles. The normalized spacial score (nSPS) is 9.64. The van der Waals surface area contributed by atoms with Gasteiger partial charge in [-0.1, -0.05) is 0 Å². The first-order valence-corrected chi connectivity index (χ1v) is 4.57. The molecule has 0 bridgehead atoms. The first-order valence-electron chi connectivity index (χ1n) is 4.04. The van der Waals surface area contributed by atoms with Gasteiger partial charge in [-0.15, -0.1) is 11.6 Å². The van der Waals surface area contributed by atoms with Gasteiger partial charge < -0.3 is 9.47 Å². The molecule has 0 fully saturated rings. The van der Waals surface area contributed by atoms with Crippen LogP contribution in [0.5, 0.6) is 11.5 Å². The summed E-state index contributed by atoms with van der Waals surface area (Å²) in [5, 5.41) is 0. The molecule has 0 aromatic heterocycles. The van der Waals surface area contributed by atoms with Gasteiger partial charge >= 0.3 is 0 Å². The summed E-state index contributed by atoms with van der Waals surface area (Å²) in [6.07, 6.45) is 0. The van der Waals surface area contributed by atoms with Crippen LogP contribution in [0.1, 0.15) is 10.4 Å². The summed E-state index contributed by atoms with van der Waals surface area (Å²) in [6, 6.07) is 5.02. The van der Waals surface area contributed by atoms with Crippen molar-refractivity contribution in [1.29, 1.82) is 0 Å². The van der Waals surface area contributed by atoms with Gasteiger partial charge in [0.2, 0.25) is 0 Å². The topological polar surface area (TPSA) is 35.5 Å². The molecule has 0 saturated heterocycles. The van der Waals surface area contributed by atoms with E-state index in [0.29, 0.717) is 17.1 Å². The van der Waals surface area contributed by atoms with E-state index in [1.807, 2.05) is 0 Å². The van der Waals surface area contributed by atoms with E-state index in [4.69, 9.17) is 21.1 Å². The van der Waals surface area contributed by atoms with Crippen LogP contribution in [0.3, 0.4) is 0 Å².